The Morgan fingerprint density at radius 3 is 2.90 bits per heavy atom. The molecule has 1 fully saturated rings. The Labute approximate surface area is 122 Å². The first-order chi connectivity index (χ1) is 9.86. The van der Waals surface area contributed by atoms with Crippen molar-refractivity contribution in [1.82, 2.24) is 0 Å². The maximum atomic E-state index is 5.60. The SMILES string of the molecule is NCCCc1ccc2c(c1)CCN2CC1CCOCC1. The van der Waals surface area contributed by atoms with Crippen LogP contribution in [0.15, 0.2) is 18.2 Å². The van der Waals surface area contributed by atoms with Gasteiger partial charge in [-0.1, -0.05) is 12.1 Å². The van der Waals surface area contributed by atoms with E-state index in [4.69, 9.17) is 10.5 Å². The molecule has 3 nitrogen and oxygen atoms in total. The summed E-state index contributed by atoms with van der Waals surface area (Å²) in [6.45, 7) is 5.07. The number of nitrogens with two attached hydrogens (primary N) is 1. The summed E-state index contributed by atoms with van der Waals surface area (Å²) in [5.41, 5.74) is 10.0. The molecule has 0 spiro atoms. The zero-order valence-corrected chi connectivity index (χ0v) is 12.3. The summed E-state index contributed by atoms with van der Waals surface area (Å²) in [6, 6.07) is 7.01. The molecule has 0 aromatic heterocycles. The number of benzene rings is 1. The number of rotatable bonds is 5. The summed E-state index contributed by atoms with van der Waals surface area (Å²) in [5.74, 6) is 0.812. The lowest BCUT2D eigenvalue weighted by atomic mass is 9.99. The van der Waals surface area contributed by atoms with E-state index in [-0.39, 0.29) is 0 Å². The average Bonchev–Trinajstić information content (AvgIpc) is 2.89. The van der Waals surface area contributed by atoms with Crippen molar-refractivity contribution < 1.29 is 4.74 Å². The van der Waals surface area contributed by atoms with Gasteiger partial charge >= 0.3 is 0 Å². The van der Waals surface area contributed by atoms with Crippen LogP contribution in [0.4, 0.5) is 5.69 Å². The van der Waals surface area contributed by atoms with E-state index in [9.17, 15) is 0 Å². The second-order valence-corrected chi connectivity index (χ2v) is 6.11. The molecule has 0 amide bonds. The predicted molar refractivity (Wildman–Crippen MR) is 83.3 cm³/mol. The van der Waals surface area contributed by atoms with Crippen LogP contribution in [-0.2, 0) is 17.6 Å². The third-order valence-corrected chi connectivity index (χ3v) is 4.62. The van der Waals surface area contributed by atoms with Gasteiger partial charge in [0, 0.05) is 32.0 Å². The van der Waals surface area contributed by atoms with Crippen LogP contribution in [0.3, 0.4) is 0 Å². The number of anilines is 1. The highest BCUT2D eigenvalue weighted by Crippen LogP contribution is 2.31. The van der Waals surface area contributed by atoms with Gasteiger partial charge in [-0.05, 0) is 61.8 Å². The van der Waals surface area contributed by atoms with Gasteiger partial charge in [0.1, 0.15) is 0 Å². The van der Waals surface area contributed by atoms with Crippen molar-refractivity contribution in [1.29, 1.82) is 0 Å². The van der Waals surface area contributed by atoms with E-state index in [1.165, 1.54) is 49.2 Å². The van der Waals surface area contributed by atoms with Gasteiger partial charge in [0.05, 0.1) is 0 Å². The average molecular weight is 274 g/mol. The molecule has 0 bridgehead atoms. The maximum Gasteiger partial charge on any atom is 0.0469 e. The Morgan fingerprint density at radius 1 is 1.25 bits per heavy atom. The minimum absolute atomic E-state index is 0.785. The summed E-state index contributed by atoms with van der Waals surface area (Å²) < 4.78 is 5.46. The van der Waals surface area contributed by atoms with E-state index in [1.54, 1.807) is 0 Å². The van der Waals surface area contributed by atoms with Gasteiger partial charge in [0.2, 0.25) is 0 Å². The van der Waals surface area contributed by atoms with Crippen molar-refractivity contribution in [3.8, 4) is 0 Å². The molecule has 2 aliphatic heterocycles. The largest absolute Gasteiger partial charge is 0.381 e. The van der Waals surface area contributed by atoms with Gasteiger partial charge in [-0.2, -0.15) is 0 Å². The molecule has 0 saturated carbocycles. The van der Waals surface area contributed by atoms with E-state index >= 15 is 0 Å². The molecule has 0 atom stereocenters. The highest BCUT2D eigenvalue weighted by atomic mass is 16.5. The maximum absolute atomic E-state index is 5.60. The number of ether oxygens (including phenoxy) is 1. The Morgan fingerprint density at radius 2 is 2.10 bits per heavy atom. The first-order valence-electron chi connectivity index (χ1n) is 8.01. The Kier molecular flexibility index (Phi) is 4.58. The van der Waals surface area contributed by atoms with E-state index in [0.29, 0.717) is 0 Å². The molecule has 20 heavy (non-hydrogen) atoms. The Balaban J connectivity index is 1.64. The van der Waals surface area contributed by atoms with Crippen LogP contribution >= 0.6 is 0 Å². The second-order valence-electron chi connectivity index (χ2n) is 6.11. The van der Waals surface area contributed by atoms with Crippen LogP contribution in [0.2, 0.25) is 0 Å². The highest BCUT2D eigenvalue weighted by molar-refractivity contribution is 5.59. The van der Waals surface area contributed by atoms with Crippen molar-refractivity contribution >= 4 is 5.69 Å². The van der Waals surface area contributed by atoms with Crippen molar-refractivity contribution in [2.75, 3.05) is 37.7 Å². The molecule has 2 N–H and O–H groups in total. The van der Waals surface area contributed by atoms with Crippen LogP contribution < -0.4 is 10.6 Å². The number of hydrogen-bond donors (Lipinski definition) is 1. The quantitative estimate of drug-likeness (QED) is 0.896. The van der Waals surface area contributed by atoms with E-state index in [0.717, 1.165) is 38.5 Å². The third-order valence-electron chi connectivity index (χ3n) is 4.62. The number of aryl methyl sites for hydroxylation is 1. The molecule has 0 unspecified atom stereocenters. The second kappa shape index (κ2) is 6.59. The molecule has 2 heterocycles. The highest BCUT2D eigenvalue weighted by Gasteiger charge is 2.23. The van der Waals surface area contributed by atoms with Gasteiger partial charge in [-0.15, -0.1) is 0 Å². The number of fused-ring (bicyclic) bond motifs is 1. The van der Waals surface area contributed by atoms with Crippen molar-refractivity contribution in [3.05, 3.63) is 29.3 Å². The fourth-order valence-electron chi connectivity index (χ4n) is 3.42. The summed E-state index contributed by atoms with van der Waals surface area (Å²) in [7, 11) is 0. The molecular formula is C17H26N2O. The molecule has 0 aliphatic carbocycles. The predicted octanol–water partition coefficient (Wildman–Crippen LogP) is 2.37. The van der Waals surface area contributed by atoms with E-state index < -0.39 is 0 Å². The van der Waals surface area contributed by atoms with Crippen molar-refractivity contribution in [2.45, 2.75) is 32.1 Å². The van der Waals surface area contributed by atoms with Crippen LogP contribution in [0.25, 0.3) is 0 Å². The summed E-state index contributed by atoms with van der Waals surface area (Å²) in [5, 5.41) is 0. The molecule has 2 aliphatic rings. The topological polar surface area (TPSA) is 38.5 Å². The Bertz CT molecular complexity index is 441. The molecule has 1 aromatic carbocycles. The molecule has 110 valence electrons. The minimum atomic E-state index is 0.785. The van der Waals surface area contributed by atoms with Crippen molar-refractivity contribution in [2.24, 2.45) is 11.7 Å². The van der Waals surface area contributed by atoms with Crippen LogP contribution in [0, 0.1) is 5.92 Å². The fraction of sp³-hybridized carbons (Fsp3) is 0.647. The van der Waals surface area contributed by atoms with Crippen LogP contribution in [0.5, 0.6) is 0 Å². The van der Waals surface area contributed by atoms with E-state index in [2.05, 4.69) is 23.1 Å². The van der Waals surface area contributed by atoms with Crippen LogP contribution in [-0.4, -0.2) is 32.8 Å². The summed E-state index contributed by atoms with van der Waals surface area (Å²) >= 11 is 0. The van der Waals surface area contributed by atoms with Gasteiger partial charge in [0.15, 0.2) is 0 Å². The lowest BCUT2D eigenvalue weighted by molar-refractivity contribution is 0.0683. The lowest BCUT2D eigenvalue weighted by Crippen LogP contribution is -2.31. The van der Waals surface area contributed by atoms with Gasteiger partial charge in [-0.25, -0.2) is 0 Å². The van der Waals surface area contributed by atoms with Gasteiger partial charge in [0.25, 0.3) is 0 Å². The minimum Gasteiger partial charge on any atom is -0.381 e. The zero-order valence-electron chi connectivity index (χ0n) is 12.3. The van der Waals surface area contributed by atoms with Gasteiger partial charge in [-0.3, -0.25) is 0 Å². The molecule has 3 rings (SSSR count). The lowest BCUT2D eigenvalue weighted by Gasteiger charge is -2.28. The van der Waals surface area contributed by atoms with Crippen molar-refractivity contribution in [3.63, 3.8) is 0 Å². The molecular weight excluding hydrogens is 248 g/mol. The molecule has 1 saturated heterocycles. The smallest absolute Gasteiger partial charge is 0.0469 e. The summed E-state index contributed by atoms with van der Waals surface area (Å²) in [6.07, 6.45) is 5.85. The first kappa shape index (κ1) is 13.9. The Hall–Kier alpha value is -1.06. The van der Waals surface area contributed by atoms with E-state index in [1.807, 2.05) is 0 Å². The monoisotopic (exact) mass is 274 g/mol. The molecule has 3 heteroatoms. The standard InChI is InChI=1S/C17H26N2O/c18-8-1-2-14-3-4-17-16(12-14)5-9-19(17)13-15-6-10-20-11-7-15/h3-4,12,15H,1-2,5-11,13,18H2. The van der Waals surface area contributed by atoms with Crippen LogP contribution in [0.1, 0.15) is 30.4 Å². The number of nitrogens with zero attached hydrogens (tertiary/aromatic N) is 1. The van der Waals surface area contributed by atoms with Gasteiger partial charge < -0.3 is 15.4 Å². The third kappa shape index (κ3) is 3.15. The fourth-order valence-corrected chi connectivity index (χ4v) is 3.42. The first-order valence-corrected chi connectivity index (χ1v) is 8.01. The normalized spacial score (nSPS) is 19.4. The molecule has 0 radical (unpaired) electrons. The number of hydrogen-bond acceptors (Lipinski definition) is 3. The zero-order chi connectivity index (χ0) is 13.8. The molecule has 1 aromatic rings. The summed E-state index contributed by atoms with van der Waals surface area (Å²) in [4.78, 5) is 2.58.